The highest BCUT2D eigenvalue weighted by molar-refractivity contribution is 5.81. The molecule has 0 fully saturated rings. The van der Waals surface area contributed by atoms with Crippen molar-refractivity contribution in [3.63, 3.8) is 0 Å². The molecule has 2 rings (SSSR count). The summed E-state index contributed by atoms with van der Waals surface area (Å²) in [6.07, 6.45) is 0.853. The maximum atomic E-state index is 12.4. The van der Waals surface area contributed by atoms with Crippen molar-refractivity contribution in [2.24, 2.45) is 5.92 Å². The lowest BCUT2D eigenvalue weighted by Crippen LogP contribution is -2.39. The number of ether oxygens (including phenoxy) is 1. The minimum Gasteiger partial charge on any atom is -0.466 e. The number of amides is 1. The molecular formula is C25H31NO6. The maximum Gasteiger partial charge on any atom is 0.342 e. The minimum absolute atomic E-state index is 0.0283. The molecule has 0 saturated carbocycles. The molecule has 0 aliphatic heterocycles. The Hall–Kier alpha value is -3.19. The largest absolute Gasteiger partial charge is 0.466 e. The monoisotopic (exact) mass is 441 g/mol. The summed E-state index contributed by atoms with van der Waals surface area (Å²) < 4.78 is 5.10. The lowest BCUT2D eigenvalue weighted by molar-refractivity contribution is -0.255. The smallest absolute Gasteiger partial charge is 0.342 e. The van der Waals surface area contributed by atoms with Gasteiger partial charge in [0.05, 0.1) is 26.1 Å². The van der Waals surface area contributed by atoms with E-state index in [1.54, 1.807) is 13.8 Å². The topological polar surface area (TPSA) is 90.9 Å². The standard InChI is InChI=1S/C25H31NO6/c1-4-31-25(29)18(2)16-22(26-23(27)14-15-24(28)32-30-3)17-19-10-12-21(13-11-19)20-8-6-5-7-9-20/h5-13,18,22H,4,14-17H2,1-3H3,(H,26,27)/t18-,22?/m1/s1. The van der Waals surface area contributed by atoms with Gasteiger partial charge in [0.25, 0.3) is 0 Å². The Kier molecular flexibility index (Phi) is 10.4. The molecule has 7 heteroatoms. The molecule has 0 bridgehead atoms. The van der Waals surface area contributed by atoms with Gasteiger partial charge in [-0.05, 0) is 36.5 Å². The number of carbonyl (C=O) groups is 3. The van der Waals surface area contributed by atoms with Crippen molar-refractivity contribution < 1.29 is 28.9 Å². The van der Waals surface area contributed by atoms with Gasteiger partial charge in [0.1, 0.15) is 0 Å². The molecule has 0 heterocycles. The van der Waals surface area contributed by atoms with Gasteiger partial charge in [0, 0.05) is 12.5 Å². The van der Waals surface area contributed by atoms with E-state index in [0.717, 1.165) is 16.7 Å². The van der Waals surface area contributed by atoms with Crippen LogP contribution in [0.5, 0.6) is 0 Å². The Morgan fingerprint density at radius 1 is 0.938 bits per heavy atom. The first-order valence-electron chi connectivity index (χ1n) is 10.8. The van der Waals surface area contributed by atoms with Gasteiger partial charge in [-0.1, -0.05) is 61.5 Å². The molecule has 172 valence electrons. The Morgan fingerprint density at radius 3 is 2.22 bits per heavy atom. The van der Waals surface area contributed by atoms with Crippen molar-refractivity contribution >= 4 is 17.8 Å². The van der Waals surface area contributed by atoms with Crippen LogP contribution in [0.1, 0.15) is 38.7 Å². The molecule has 1 amide bonds. The van der Waals surface area contributed by atoms with Crippen molar-refractivity contribution in [2.45, 2.75) is 45.6 Å². The molecule has 0 saturated heterocycles. The number of rotatable bonds is 12. The average Bonchev–Trinajstić information content (AvgIpc) is 2.79. The van der Waals surface area contributed by atoms with Gasteiger partial charge in [-0.2, -0.15) is 4.89 Å². The van der Waals surface area contributed by atoms with E-state index in [-0.39, 0.29) is 36.7 Å². The number of hydrogen-bond acceptors (Lipinski definition) is 6. The van der Waals surface area contributed by atoms with E-state index in [1.807, 2.05) is 54.6 Å². The third-order valence-corrected chi connectivity index (χ3v) is 4.97. The molecule has 2 atom stereocenters. The predicted molar refractivity (Wildman–Crippen MR) is 120 cm³/mol. The summed E-state index contributed by atoms with van der Waals surface area (Å²) in [5.74, 6) is -1.58. The lowest BCUT2D eigenvalue weighted by atomic mass is 9.94. The molecule has 0 aliphatic rings. The summed E-state index contributed by atoms with van der Waals surface area (Å²) in [7, 11) is 1.23. The normalized spacial score (nSPS) is 12.5. The quantitative estimate of drug-likeness (QED) is 0.306. The third kappa shape index (κ3) is 8.51. The van der Waals surface area contributed by atoms with E-state index in [2.05, 4.69) is 15.1 Å². The molecule has 7 nitrogen and oxygen atoms in total. The van der Waals surface area contributed by atoms with E-state index < -0.39 is 5.97 Å². The number of benzene rings is 2. The van der Waals surface area contributed by atoms with Crippen LogP contribution in [0.3, 0.4) is 0 Å². The summed E-state index contributed by atoms with van der Waals surface area (Å²) in [5.41, 5.74) is 3.26. The lowest BCUT2D eigenvalue weighted by Gasteiger charge is -2.22. The van der Waals surface area contributed by atoms with Crippen LogP contribution in [0, 0.1) is 5.92 Å². The fourth-order valence-corrected chi connectivity index (χ4v) is 3.40. The van der Waals surface area contributed by atoms with Crippen LogP contribution >= 0.6 is 0 Å². The van der Waals surface area contributed by atoms with Crippen molar-refractivity contribution in [1.29, 1.82) is 0 Å². The Bertz CT molecular complexity index is 866. The second-order valence-electron chi connectivity index (χ2n) is 7.54. The van der Waals surface area contributed by atoms with Crippen molar-refractivity contribution in [2.75, 3.05) is 13.7 Å². The van der Waals surface area contributed by atoms with Gasteiger partial charge >= 0.3 is 11.9 Å². The van der Waals surface area contributed by atoms with E-state index >= 15 is 0 Å². The van der Waals surface area contributed by atoms with Gasteiger partial charge in [-0.15, -0.1) is 0 Å². The Balaban J connectivity index is 2.05. The summed E-state index contributed by atoms with van der Waals surface area (Å²) in [4.78, 5) is 44.6. The van der Waals surface area contributed by atoms with Crippen molar-refractivity contribution in [1.82, 2.24) is 5.32 Å². The van der Waals surface area contributed by atoms with Gasteiger partial charge in [0.2, 0.25) is 5.91 Å². The van der Waals surface area contributed by atoms with Crippen LogP contribution in [0.25, 0.3) is 11.1 Å². The average molecular weight is 442 g/mol. The first-order valence-corrected chi connectivity index (χ1v) is 10.8. The van der Waals surface area contributed by atoms with Crippen molar-refractivity contribution in [3.8, 4) is 11.1 Å². The van der Waals surface area contributed by atoms with Crippen LogP contribution in [-0.4, -0.2) is 37.6 Å². The van der Waals surface area contributed by atoms with Crippen LogP contribution in [0.15, 0.2) is 54.6 Å². The van der Waals surface area contributed by atoms with Gasteiger partial charge in [-0.25, -0.2) is 4.79 Å². The molecule has 32 heavy (non-hydrogen) atoms. The van der Waals surface area contributed by atoms with E-state index in [0.29, 0.717) is 19.4 Å². The second kappa shape index (κ2) is 13.3. The molecule has 0 radical (unpaired) electrons. The predicted octanol–water partition coefficient (Wildman–Crippen LogP) is 3.86. The van der Waals surface area contributed by atoms with Gasteiger partial charge < -0.3 is 10.1 Å². The first kappa shape index (κ1) is 25.1. The minimum atomic E-state index is -0.615. The molecular weight excluding hydrogens is 410 g/mol. The summed E-state index contributed by atoms with van der Waals surface area (Å²) in [6, 6.07) is 17.9. The molecule has 1 unspecified atom stereocenters. The van der Waals surface area contributed by atoms with E-state index in [9.17, 15) is 14.4 Å². The van der Waals surface area contributed by atoms with Crippen molar-refractivity contribution in [3.05, 3.63) is 60.2 Å². The number of esters is 1. The molecule has 2 aromatic rings. The molecule has 0 aliphatic carbocycles. The highest BCUT2D eigenvalue weighted by Gasteiger charge is 2.22. The van der Waals surface area contributed by atoms with Gasteiger partial charge in [-0.3, -0.25) is 14.5 Å². The van der Waals surface area contributed by atoms with Crippen LogP contribution in [0.4, 0.5) is 0 Å². The Morgan fingerprint density at radius 2 is 1.59 bits per heavy atom. The Labute approximate surface area is 189 Å². The number of carbonyl (C=O) groups excluding carboxylic acids is 3. The fourth-order valence-electron chi connectivity index (χ4n) is 3.40. The highest BCUT2D eigenvalue weighted by Crippen LogP contribution is 2.21. The second-order valence-corrected chi connectivity index (χ2v) is 7.54. The molecule has 1 N–H and O–H groups in total. The van der Waals surface area contributed by atoms with Crippen LogP contribution in [0.2, 0.25) is 0 Å². The summed E-state index contributed by atoms with van der Waals surface area (Å²) in [5, 5.41) is 2.94. The number of hydrogen-bond donors (Lipinski definition) is 1. The van der Waals surface area contributed by atoms with Crippen LogP contribution in [-0.2, 0) is 35.3 Å². The third-order valence-electron chi connectivity index (χ3n) is 4.97. The summed E-state index contributed by atoms with van der Waals surface area (Å²) >= 11 is 0. The summed E-state index contributed by atoms with van der Waals surface area (Å²) in [6.45, 7) is 3.85. The molecule has 0 aromatic heterocycles. The van der Waals surface area contributed by atoms with E-state index in [1.165, 1.54) is 7.11 Å². The van der Waals surface area contributed by atoms with Crippen LogP contribution < -0.4 is 5.32 Å². The zero-order chi connectivity index (χ0) is 23.3. The van der Waals surface area contributed by atoms with E-state index in [4.69, 9.17) is 4.74 Å². The zero-order valence-electron chi connectivity index (χ0n) is 18.8. The number of nitrogens with one attached hydrogen (secondary N) is 1. The SMILES string of the molecule is CCOC(=O)[C@H](C)CC(Cc1ccc(-c2ccccc2)cc1)NC(=O)CCC(=O)OOC. The molecule has 2 aromatic carbocycles. The highest BCUT2D eigenvalue weighted by atomic mass is 17.2. The molecule has 0 spiro atoms. The van der Waals surface area contributed by atoms with Gasteiger partial charge in [0.15, 0.2) is 0 Å². The first-order chi connectivity index (χ1) is 15.4. The zero-order valence-corrected chi connectivity index (χ0v) is 18.8. The fraction of sp³-hybridized carbons (Fsp3) is 0.400. The maximum absolute atomic E-state index is 12.4.